The molecule has 35 heavy (non-hydrogen) atoms. The molecule has 4 aliphatic carbocycles. The van der Waals surface area contributed by atoms with Gasteiger partial charge in [0.25, 0.3) is 0 Å². The standard InChI is InChI=1S/C29H48O2.2C2H6/c1-7-18-31-26(30)11-8-21(3)23-9-10-24-22-13-15-27(4)19-20(2)12-17-29(27,6)25(22)14-16-28(23,24)5;2*1-2/h7,20-25H,1,8-19H2,2-6H3;2*1-2H3/t20-,21+,22-,23?,24-,25-,27+,28+,29+;;/m0../s1. The summed E-state index contributed by atoms with van der Waals surface area (Å²) in [6.07, 6.45) is 16.1. The molecule has 4 saturated carbocycles. The summed E-state index contributed by atoms with van der Waals surface area (Å²) in [6, 6.07) is 0. The fourth-order valence-corrected chi connectivity index (χ4v) is 9.69. The summed E-state index contributed by atoms with van der Waals surface area (Å²) in [5.74, 6) is 5.05. The van der Waals surface area contributed by atoms with Crippen LogP contribution in [0.15, 0.2) is 12.7 Å². The summed E-state index contributed by atoms with van der Waals surface area (Å²) < 4.78 is 5.23. The highest BCUT2D eigenvalue weighted by Crippen LogP contribution is 2.71. The molecule has 0 saturated heterocycles. The number of hydrogen-bond acceptors (Lipinski definition) is 2. The summed E-state index contributed by atoms with van der Waals surface area (Å²) in [5, 5.41) is 0. The Balaban J connectivity index is 0.00000103. The van der Waals surface area contributed by atoms with Crippen molar-refractivity contribution in [3.63, 3.8) is 0 Å². The Morgan fingerprint density at radius 3 is 2.31 bits per heavy atom. The summed E-state index contributed by atoms with van der Waals surface area (Å²) >= 11 is 0. The Labute approximate surface area is 219 Å². The second-order valence-electron chi connectivity index (χ2n) is 13.0. The maximum Gasteiger partial charge on any atom is 0.306 e. The molecule has 0 aliphatic heterocycles. The van der Waals surface area contributed by atoms with Crippen LogP contribution in [0.5, 0.6) is 0 Å². The molecule has 0 amide bonds. The highest BCUT2D eigenvalue weighted by atomic mass is 16.5. The lowest BCUT2D eigenvalue weighted by Gasteiger charge is -2.65. The first-order valence-electron chi connectivity index (χ1n) is 15.4. The Kier molecular flexibility index (Phi) is 11.0. The molecule has 0 N–H and O–H groups in total. The van der Waals surface area contributed by atoms with Gasteiger partial charge in [0.2, 0.25) is 0 Å². The first-order valence-corrected chi connectivity index (χ1v) is 15.4. The molecule has 0 aromatic carbocycles. The molecular weight excluding hydrogens is 428 g/mol. The zero-order chi connectivity index (χ0) is 26.4. The van der Waals surface area contributed by atoms with Gasteiger partial charge in [-0.3, -0.25) is 4.79 Å². The van der Waals surface area contributed by atoms with Crippen LogP contribution in [0.3, 0.4) is 0 Å². The third kappa shape index (κ3) is 5.72. The van der Waals surface area contributed by atoms with Gasteiger partial charge in [-0.2, -0.15) is 0 Å². The zero-order valence-electron chi connectivity index (χ0n) is 25.1. The monoisotopic (exact) mass is 488 g/mol. The topological polar surface area (TPSA) is 26.3 Å². The van der Waals surface area contributed by atoms with Gasteiger partial charge in [-0.15, -0.1) is 0 Å². The highest BCUT2D eigenvalue weighted by Gasteiger charge is 2.63. The van der Waals surface area contributed by atoms with E-state index >= 15 is 0 Å². The van der Waals surface area contributed by atoms with Crippen LogP contribution in [0.25, 0.3) is 0 Å². The van der Waals surface area contributed by atoms with E-state index in [1.165, 1.54) is 57.8 Å². The summed E-state index contributed by atoms with van der Waals surface area (Å²) in [6.45, 7) is 24.9. The minimum Gasteiger partial charge on any atom is -0.461 e. The van der Waals surface area contributed by atoms with E-state index in [0.717, 1.165) is 36.0 Å². The molecule has 204 valence electrons. The van der Waals surface area contributed by atoms with Gasteiger partial charge in [-0.05, 0) is 110 Å². The number of esters is 1. The lowest BCUT2D eigenvalue weighted by atomic mass is 9.39. The van der Waals surface area contributed by atoms with Gasteiger partial charge < -0.3 is 4.74 Å². The fraction of sp³-hybridized carbons (Fsp3) is 0.909. The molecule has 0 bridgehead atoms. The largest absolute Gasteiger partial charge is 0.461 e. The molecule has 2 nitrogen and oxygen atoms in total. The Morgan fingerprint density at radius 2 is 1.66 bits per heavy atom. The van der Waals surface area contributed by atoms with E-state index in [-0.39, 0.29) is 5.97 Å². The van der Waals surface area contributed by atoms with Gasteiger partial charge in [0.15, 0.2) is 0 Å². The molecule has 4 aliphatic rings. The van der Waals surface area contributed by atoms with Crippen molar-refractivity contribution in [3.05, 3.63) is 12.7 Å². The van der Waals surface area contributed by atoms with Crippen molar-refractivity contribution in [2.75, 3.05) is 6.61 Å². The van der Waals surface area contributed by atoms with Gasteiger partial charge in [0.05, 0.1) is 0 Å². The second kappa shape index (κ2) is 12.6. The van der Waals surface area contributed by atoms with Crippen LogP contribution in [0.4, 0.5) is 0 Å². The average molecular weight is 489 g/mol. The van der Waals surface area contributed by atoms with Crippen LogP contribution in [-0.4, -0.2) is 12.6 Å². The van der Waals surface area contributed by atoms with Crippen molar-refractivity contribution in [3.8, 4) is 0 Å². The Bertz CT molecular complexity index is 685. The zero-order valence-corrected chi connectivity index (χ0v) is 25.1. The maximum atomic E-state index is 12.0. The normalized spacial score (nSPS) is 42.5. The Hall–Kier alpha value is -0.790. The number of carbonyl (C=O) groups is 1. The van der Waals surface area contributed by atoms with E-state index in [0.29, 0.717) is 35.2 Å². The van der Waals surface area contributed by atoms with E-state index in [9.17, 15) is 4.79 Å². The van der Waals surface area contributed by atoms with E-state index in [1.807, 2.05) is 27.7 Å². The van der Waals surface area contributed by atoms with E-state index < -0.39 is 0 Å². The third-order valence-electron chi connectivity index (χ3n) is 11.5. The van der Waals surface area contributed by atoms with E-state index in [2.05, 4.69) is 41.2 Å². The number of ether oxygens (including phenoxy) is 1. The average Bonchev–Trinajstić information content (AvgIpc) is 3.22. The van der Waals surface area contributed by atoms with Gasteiger partial charge >= 0.3 is 5.97 Å². The molecular formula is C33H60O2. The molecule has 0 spiro atoms. The molecule has 1 unspecified atom stereocenters. The lowest BCUT2D eigenvalue weighted by Crippen LogP contribution is -2.57. The molecule has 0 radical (unpaired) electrons. The first kappa shape index (κ1) is 30.4. The van der Waals surface area contributed by atoms with Crippen LogP contribution in [0.2, 0.25) is 0 Å². The van der Waals surface area contributed by atoms with Gasteiger partial charge in [0.1, 0.15) is 6.61 Å². The van der Waals surface area contributed by atoms with Crippen LogP contribution < -0.4 is 0 Å². The van der Waals surface area contributed by atoms with Crippen LogP contribution in [-0.2, 0) is 9.53 Å². The van der Waals surface area contributed by atoms with Gasteiger partial charge in [-0.25, -0.2) is 0 Å². The predicted molar refractivity (Wildman–Crippen MR) is 151 cm³/mol. The third-order valence-corrected chi connectivity index (χ3v) is 11.5. The first-order chi connectivity index (χ1) is 16.6. The van der Waals surface area contributed by atoms with Crippen molar-refractivity contribution in [1.29, 1.82) is 0 Å². The smallest absolute Gasteiger partial charge is 0.306 e. The summed E-state index contributed by atoms with van der Waals surface area (Å²) in [5.41, 5.74) is 1.61. The van der Waals surface area contributed by atoms with Gasteiger partial charge in [0, 0.05) is 6.42 Å². The summed E-state index contributed by atoms with van der Waals surface area (Å²) in [4.78, 5) is 12.0. The number of fused-ring (bicyclic) bond motifs is 5. The number of carbonyl (C=O) groups excluding carboxylic acids is 1. The number of rotatable bonds is 6. The van der Waals surface area contributed by atoms with Crippen LogP contribution in [0, 0.1) is 51.8 Å². The van der Waals surface area contributed by atoms with Crippen molar-refractivity contribution >= 4 is 5.97 Å². The molecule has 9 atom stereocenters. The van der Waals surface area contributed by atoms with Gasteiger partial charge in [-0.1, -0.05) is 81.4 Å². The van der Waals surface area contributed by atoms with Crippen molar-refractivity contribution in [1.82, 2.24) is 0 Å². The minimum absolute atomic E-state index is 0.0545. The molecule has 4 fully saturated rings. The second-order valence-corrected chi connectivity index (χ2v) is 13.0. The van der Waals surface area contributed by atoms with E-state index in [1.54, 1.807) is 6.08 Å². The van der Waals surface area contributed by atoms with Crippen LogP contribution in [0.1, 0.15) is 133 Å². The quantitative estimate of drug-likeness (QED) is 0.274. The predicted octanol–water partition coefficient (Wildman–Crippen LogP) is 9.87. The number of hydrogen-bond donors (Lipinski definition) is 0. The molecule has 0 aromatic heterocycles. The Morgan fingerprint density at radius 1 is 0.971 bits per heavy atom. The molecule has 0 heterocycles. The minimum atomic E-state index is -0.0545. The van der Waals surface area contributed by atoms with Crippen molar-refractivity contribution in [2.45, 2.75) is 133 Å². The molecule has 2 heteroatoms. The lowest BCUT2D eigenvalue weighted by molar-refractivity contribution is -0.162. The molecule has 4 rings (SSSR count). The summed E-state index contributed by atoms with van der Waals surface area (Å²) in [7, 11) is 0. The van der Waals surface area contributed by atoms with E-state index in [4.69, 9.17) is 4.74 Å². The fourth-order valence-electron chi connectivity index (χ4n) is 9.69. The van der Waals surface area contributed by atoms with Crippen LogP contribution >= 0.6 is 0 Å². The SMILES string of the molecule is C=CCOC(=O)CC[C@@H](C)C1CC[C@H]2[C@@H]3CC[C@]4(C)C[C@@H](C)CC[C@]4(C)[C@H]3CC[C@]12C.CC.CC. The van der Waals surface area contributed by atoms with Crippen molar-refractivity contribution < 1.29 is 9.53 Å². The highest BCUT2D eigenvalue weighted by molar-refractivity contribution is 5.69. The maximum absolute atomic E-state index is 12.0. The molecule has 0 aromatic rings. The van der Waals surface area contributed by atoms with Crippen molar-refractivity contribution in [2.24, 2.45) is 51.8 Å².